The standard InChI is InChI=1S/C21H34N4O3/c1-15-6-7-17(18(10-15)28-14-16-8-9-27-13-16)11-23-20(22-5)24-12-19(26)25-21(2,3)4/h6-7,10,16H,8-9,11-14H2,1-5H3,(H,25,26)(H2,22,23,24). The highest BCUT2D eigenvalue weighted by molar-refractivity contribution is 5.86. The Balaban J connectivity index is 1.88. The SMILES string of the molecule is CN=C(NCC(=O)NC(C)(C)C)NCc1ccc(C)cc1OCC1CCOC1. The number of rotatable bonds is 7. The number of guanidine groups is 1. The van der Waals surface area contributed by atoms with Crippen LogP contribution in [0.5, 0.6) is 5.75 Å². The van der Waals surface area contributed by atoms with Crippen molar-refractivity contribution in [1.82, 2.24) is 16.0 Å². The number of aryl methyl sites for hydroxylation is 1. The third kappa shape index (κ3) is 7.76. The summed E-state index contributed by atoms with van der Waals surface area (Å²) in [6.07, 6.45) is 1.05. The second-order valence-electron chi connectivity index (χ2n) is 8.23. The Morgan fingerprint density at radius 1 is 1.32 bits per heavy atom. The molecule has 28 heavy (non-hydrogen) atoms. The van der Waals surface area contributed by atoms with Gasteiger partial charge in [0.15, 0.2) is 5.96 Å². The van der Waals surface area contributed by atoms with Gasteiger partial charge in [0.25, 0.3) is 0 Å². The Morgan fingerprint density at radius 2 is 2.11 bits per heavy atom. The molecule has 1 aliphatic rings. The Hall–Kier alpha value is -2.28. The predicted octanol–water partition coefficient (Wildman–Crippen LogP) is 1.99. The van der Waals surface area contributed by atoms with Crippen molar-refractivity contribution in [2.45, 2.75) is 46.2 Å². The van der Waals surface area contributed by atoms with Gasteiger partial charge in [-0.05, 0) is 45.7 Å². The zero-order valence-electron chi connectivity index (χ0n) is 17.7. The molecule has 0 spiro atoms. The van der Waals surface area contributed by atoms with E-state index in [0.717, 1.165) is 36.5 Å². The van der Waals surface area contributed by atoms with Crippen LogP contribution in [0.2, 0.25) is 0 Å². The minimum absolute atomic E-state index is 0.0754. The third-order valence-corrected chi connectivity index (χ3v) is 4.32. The molecule has 1 unspecified atom stereocenters. The summed E-state index contributed by atoms with van der Waals surface area (Å²) in [6, 6.07) is 6.18. The van der Waals surface area contributed by atoms with Crippen molar-refractivity contribution in [3.05, 3.63) is 29.3 Å². The zero-order valence-corrected chi connectivity index (χ0v) is 17.7. The lowest BCUT2D eigenvalue weighted by molar-refractivity contribution is -0.121. The Bertz CT molecular complexity index is 677. The van der Waals surface area contributed by atoms with Crippen LogP contribution in [0.3, 0.4) is 0 Å². The van der Waals surface area contributed by atoms with Crippen LogP contribution in [-0.2, 0) is 16.1 Å². The first-order chi connectivity index (χ1) is 13.3. The maximum absolute atomic E-state index is 12.0. The smallest absolute Gasteiger partial charge is 0.239 e. The minimum atomic E-state index is -0.256. The van der Waals surface area contributed by atoms with E-state index in [1.807, 2.05) is 20.8 Å². The van der Waals surface area contributed by atoms with Crippen LogP contribution in [-0.4, -0.2) is 50.8 Å². The molecule has 2 rings (SSSR count). The average molecular weight is 391 g/mol. The number of amides is 1. The van der Waals surface area contributed by atoms with E-state index in [2.05, 4.69) is 46.1 Å². The number of hydrogen-bond acceptors (Lipinski definition) is 4. The van der Waals surface area contributed by atoms with Gasteiger partial charge < -0.3 is 25.4 Å². The molecule has 0 radical (unpaired) electrons. The molecule has 156 valence electrons. The van der Waals surface area contributed by atoms with Crippen LogP contribution in [0.1, 0.15) is 38.3 Å². The molecule has 0 saturated carbocycles. The van der Waals surface area contributed by atoms with Gasteiger partial charge in [0.05, 0.1) is 19.8 Å². The highest BCUT2D eigenvalue weighted by Crippen LogP contribution is 2.22. The molecule has 0 aliphatic carbocycles. The van der Waals surface area contributed by atoms with Gasteiger partial charge in [-0.3, -0.25) is 9.79 Å². The summed E-state index contributed by atoms with van der Waals surface area (Å²) in [5.74, 6) is 1.82. The molecular weight excluding hydrogens is 356 g/mol. The summed E-state index contributed by atoms with van der Waals surface area (Å²) in [7, 11) is 1.68. The van der Waals surface area contributed by atoms with E-state index < -0.39 is 0 Å². The van der Waals surface area contributed by atoms with Crippen LogP contribution < -0.4 is 20.7 Å². The van der Waals surface area contributed by atoms with Crippen molar-refractivity contribution in [2.24, 2.45) is 10.9 Å². The molecule has 0 bridgehead atoms. The molecule has 1 fully saturated rings. The van der Waals surface area contributed by atoms with Gasteiger partial charge in [-0.15, -0.1) is 0 Å². The molecule has 1 aliphatic heterocycles. The Kier molecular flexibility index (Phi) is 8.11. The first-order valence-electron chi connectivity index (χ1n) is 9.82. The molecule has 7 nitrogen and oxygen atoms in total. The van der Waals surface area contributed by atoms with Gasteiger partial charge in [-0.25, -0.2) is 0 Å². The number of aliphatic imine (C=N–C) groups is 1. The normalized spacial score (nSPS) is 17.3. The molecular formula is C21H34N4O3. The highest BCUT2D eigenvalue weighted by Gasteiger charge is 2.17. The van der Waals surface area contributed by atoms with Gasteiger partial charge in [-0.2, -0.15) is 0 Å². The lowest BCUT2D eigenvalue weighted by Crippen LogP contribution is -2.48. The first-order valence-corrected chi connectivity index (χ1v) is 9.82. The number of nitrogens with zero attached hydrogens (tertiary/aromatic N) is 1. The van der Waals surface area contributed by atoms with Gasteiger partial charge >= 0.3 is 0 Å². The quantitative estimate of drug-likeness (QED) is 0.490. The molecule has 1 amide bonds. The first kappa shape index (κ1) is 22.0. The molecule has 7 heteroatoms. The van der Waals surface area contributed by atoms with Crippen molar-refractivity contribution >= 4 is 11.9 Å². The van der Waals surface area contributed by atoms with Gasteiger partial charge in [0.2, 0.25) is 5.91 Å². The van der Waals surface area contributed by atoms with Crippen LogP contribution >= 0.6 is 0 Å². The fourth-order valence-corrected chi connectivity index (χ4v) is 2.89. The average Bonchev–Trinajstić information content (AvgIpc) is 3.13. The molecule has 3 N–H and O–H groups in total. The molecule has 1 aromatic rings. The third-order valence-electron chi connectivity index (χ3n) is 4.32. The van der Waals surface area contributed by atoms with Crippen molar-refractivity contribution < 1.29 is 14.3 Å². The Morgan fingerprint density at radius 3 is 2.75 bits per heavy atom. The summed E-state index contributed by atoms with van der Waals surface area (Å²) in [6.45, 7) is 10.9. The van der Waals surface area contributed by atoms with E-state index in [1.54, 1.807) is 7.05 Å². The largest absolute Gasteiger partial charge is 0.493 e. The van der Waals surface area contributed by atoms with Crippen LogP contribution in [0.4, 0.5) is 0 Å². The van der Waals surface area contributed by atoms with E-state index in [-0.39, 0.29) is 18.0 Å². The highest BCUT2D eigenvalue weighted by atomic mass is 16.5. The fraction of sp³-hybridized carbons (Fsp3) is 0.619. The number of nitrogens with one attached hydrogen (secondary N) is 3. The lowest BCUT2D eigenvalue weighted by Gasteiger charge is -2.21. The summed E-state index contributed by atoms with van der Waals surface area (Å²) >= 11 is 0. The lowest BCUT2D eigenvalue weighted by atomic mass is 10.1. The summed E-state index contributed by atoms with van der Waals surface area (Å²) in [5.41, 5.74) is 1.95. The summed E-state index contributed by atoms with van der Waals surface area (Å²) in [4.78, 5) is 16.2. The van der Waals surface area contributed by atoms with Crippen LogP contribution in [0.15, 0.2) is 23.2 Å². The van der Waals surface area contributed by atoms with E-state index in [9.17, 15) is 4.79 Å². The number of hydrogen-bond donors (Lipinski definition) is 3. The second kappa shape index (κ2) is 10.3. The zero-order chi connectivity index (χ0) is 20.6. The van der Waals surface area contributed by atoms with Crippen molar-refractivity contribution in [3.8, 4) is 5.75 Å². The second-order valence-corrected chi connectivity index (χ2v) is 8.23. The molecule has 1 atom stereocenters. The van der Waals surface area contributed by atoms with Gasteiger partial charge in [-0.1, -0.05) is 12.1 Å². The number of ether oxygens (including phenoxy) is 2. The fourth-order valence-electron chi connectivity index (χ4n) is 2.89. The van der Waals surface area contributed by atoms with Crippen molar-refractivity contribution in [1.29, 1.82) is 0 Å². The maximum atomic E-state index is 12.0. The molecule has 1 aromatic carbocycles. The van der Waals surface area contributed by atoms with Crippen molar-refractivity contribution in [3.63, 3.8) is 0 Å². The summed E-state index contributed by atoms with van der Waals surface area (Å²) in [5, 5.41) is 9.20. The van der Waals surface area contributed by atoms with Gasteiger partial charge in [0, 0.05) is 37.2 Å². The predicted molar refractivity (Wildman–Crippen MR) is 112 cm³/mol. The minimum Gasteiger partial charge on any atom is -0.493 e. The molecule has 1 heterocycles. The van der Waals surface area contributed by atoms with Crippen LogP contribution in [0.25, 0.3) is 0 Å². The van der Waals surface area contributed by atoms with Crippen LogP contribution in [0, 0.1) is 12.8 Å². The monoisotopic (exact) mass is 390 g/mol. The maximum Gasteiger partial charge on any atom is 0.239 e. The molecule has 1 saturated heterocycles. The van der Waals surface area contributed by atoms with E-state index in [1.165, 1.54) is 0 Å². The number of benzene rings is 1. The number of carbonyl (C=O) groups excluding carboxylic acids is 1. The Labute approximate surface area is 168 Å². The number of carbonyl (C=O) groups is 1. The van der Waals surface area contributed by atoms with E-state index in [0.29, 0.717) is 25.0 Å². The van der Waals surface area contributed by atoms with Crippen molar-refractivity contribution in [2.75, 3.05) is 33.4 Å². The van der Waals surface area contributed by atoms with Gasteiger partial charge in [0.1, 0.15) is 5.75 Å². The van der Waals surface area contributed by atoms with E-state index in [4.69, 9.17) is 9.47 Å². The van der Waals surface area contributed by atoms with E-state index >= 15 is 0 Å². The topological polar surface area (TPSA) is 84.0 Å². The summed E-state index contributed by atoms with van der Waals surface area (Å²) < 4.78 is 11.5. The molecule has 0 aromatic heterocycles.